The van der Waals surface area contributed by atoms with E-state index in [0.717, 1.165) is 0 Å². The molecule has 2 rings (SSSR count). The van der Waals surface area contributed by atoms with Crippen LogP contribution >= 0.6 is 10.7 Å². The molecule has 0 aliphatic heterocycles. The molecule has 0 N–H and O–H groups in total. The quantitative estimate of drug-likeness (QED) is 0.271. The van der Waals surface area contributed by atoms with Crippen molar-refractivity contribution in [1.29, 1.82) is 0 Å². The van der Waals surface area contributed by atoms with E-state index >= 15 is 0 Å². The molecule has 112 valence electrons. The van der Waals surface area contributed by atoms with E-state index in [4.69, 9.17) is 26.6 Å². The maximum Gasteiger partial charge on any atom is 0.265 e. The summed E-state index contributed by atoms with van der Waals surface area (Å²) in [6.45, 7) is 0. The largest absolute Gasteiger partial charge is 0.411 e. The van der Waals surface area contributed by atoms with Crippen molar-refractivity contribution >= 4 is 25.5 Å². The fraction of sp³-hybridized carbons (Fsp3) is 0.100. The third-order valence-electron chi connectivity index (χ3n) is 2.78. The van der Waals surface area contributed by atoms with E-state index in [1.807, 2.05) is 0 Å². The van der Waals surface area contributed by atoms with Gasteiger partial charge in [0.05, 0.1) is 0 Å². The van der Waals surface area contributed by atoms with Crippen LogP contribution in [0.2, 0.25) is 0 Å². The van der Waals surface area contributed by atoms with Crippen molar-refractivity contribution in [1.82, 2.24) is 0 Å². The monoisotopic (exact) mass is 340 g/mol. The van der Waals surface area contributed by atoms with Gasteiger partial charge in [-0.25, -0.2) is 8.42 Å². The Labute approximate surface area is 127 Å². The molecule has 22 heavy (non-hydrogen) atoms. The summed E-state index contributed by atoms with van der Waals surface area (Å²) >= 11 is 0. The van der Waals surface area contributed by atoms with Gasteiger partial charge in [-0.15, -0.1) is 0 Å². The second kappa shape index (κ2) is 5.58. The van der Waals surface area contributed by atoms with Crippen LogP contribution in [-0.2, 0) is 19.6 Å². The highest BCUT2D eigenvalue weighted by atomic mass is 35.7. The van der Waals surface area contributed by atoms with Crippen LogP contribution in [0.4, 0.5) is 0 Å². The highest BCUT2D eigenvalue weighted by Gasteiger charge is 2.43. The number of hydrogen-bond acceptors (Lipinski definition) is 6. The van der Waals surface area contributed by atoms with Crippen LogP contribution in [0.5, 0.6) is 0 Å². The molecule has 1 aromatic carbocycles. The number of azide groups is 2. The first-order valence-corrected chi connectivity index (χ1v) is 7.77. The number of Topliss-reactive ketones (excluding diaryl/α,β-unsaturated/α-hetero) is 1. The molecule has 1 aromatic rings. The third kappa shape index (κ3) is 2.57. The first-order chi connectivity index (χ1) is 10.4. The van der Waals surface area contributed by atoms with Crippen molar-refractivity contribution in [3.05, 3.63) is 67.3 Å². The highest BCUT2D eigenvalue weighted by molar-refractivity contribution is 8.17. The zero-order valence-electron chi connectivity index (χ0n) is 10.5. The summed E-state index contributed by atoms with van der Waals surface area (Å²) in [5.41, 5.74) is 14.9. The van der Waals surface area contributed by atoms with Crippen LogP contribution in [0.25, 0.3) is 20.9 Å². The van der Waals surface area contributed by atoms with Crippen molar-refractivity contribution in [3.63, 3.8) is 0 Å². The lowest BCUT2D eigenvalue weighted by atomic mass is 9.89. The maximum atomic E-state index is 12.2. The Kier molecular flexibility index (Phi) is 3.98. The Hall–Kier alpha value is -2.71. The number of hydrogen-bond donors (Lipinski definition) is 0. The number of ketones is 1. The van der Waals surface area contributed by atoms with E-state index in [0.29, 0.717) is 6.08 Å². The summed E-state index contributed by atoms with van der Waals surface area (Å²) in [6, 6.07) is 5.63. The number of carbonyl (C=O) groups is 1. The molecule has 0 spiro atoms. The molecule has 0 fully saturated rings. The SMILES string of the molecule is [N-]=[N+]=NOC1(N=[N+]=[N-])C=C(S(=O)(=O)Cl)C(=O)c2ccccc21. The molecule has 0 saturated carbocycles. The van der Waals surface area contributed by atoms with E-state index in [2.05, 4.69) is 20.2 Å². The summed E-state index contributed by atoms with van der Waals surface area (Å²) < 4.78 is 23.1. The maximum absolute atomic E-state index is 12.2. The molecule has 10 nitrogen and oxygen atoms in total. The number of nitrogens with zero attached hydrogens (tertiary/aromatic N) is 6. The first-order valence-electron chi connectivity index (χ1n) is 5.46. The van der Waals surface area contributed by atoms with Gasteiger partial charge in [0.15, 0.2) is 0 Å². The van der Waals surface area contributed by atoms with Crippen molar-refractivity contribution in [3.8, 4) is 0 Å². The zero-order valence-corrected chi connectivity index (χ0v) is 12.1. The van der Waals surface area contributed by atoms with Gasteiger partial charge >= 0.3 is 0 Å². The molecule has 12 heteroatoms. The van der Waals surface area contributed by atoms with E-state index in [1.165, 1.54) is 24.3 Å². The summed E-state index contributed by atoms with van der Waals surface area (Å²) in [4.78, 5) is 21.1. The van der Waals surface area contributed by atoms with Gasteiger partial charge in [0.1, 0.15) is 10.2 Å². The number of benzene rings is 1. The van der Waals surface area contributed by atoms with E-state index in [1.54, 1.807) is 0 Å². The number of carbonyl (C=O) groups excluding carboxylic acids is 1. The number of halogens is 1. The topological polar surface area (TPSA) is 158 Å². The molecule has 0 radical (unpaired) electrons. The molecular weight excluding hydrogens is 336 g/mol. The summed E-state index contributed by atoms with van der Waals surface area (Å²) in [6.07, 6.45) is 0.703. The molecule has 1 atom stereocenters. The Morgan fingerprint density at radius 2 is 1.91 bits per heavy atom. The standard InChI is InChI=1S/C10H5ClN6O4S/c11-22(19,20)8-5-10(14-15-12,21-17-16-13)7-4-2-1-3-6(7)9(8)18/h1-5H. The van der Waals surface area contributed by atoms with E-state index in [-0.39, 0.29) is 11.1 Å². The normalized spacial score (nSPS) is 20.0. The minimum atomic E-state index is -4.45. The molecule has 1 aliphatic carbocycles. The fourth-order valence-corrected chi connectivity index (χ4v) is 2.93. The van der Waals surface area contributed by atoms with Gasteiger partial charge < -0.3 is 4.84 Å². The molecule has 1 aliphatic rings. The molecule has 1 unspecified atom stereocenters. The van der Waals surface area contributed by atoms with Gasteiger partial charge in [0.2, 0.25) is 11.5 Å². The Balaban J connectivity index is 2.88. The van der Waals surface area contributed by atoms with Crippen LogP contribution in [0.3, 0.4) is 0 Å². The van der Waals surface area contributed by atoms with Crippen LogP contribution in [0.15, 0.2) is 45.6 Å². The predicted molar refractivity (Wildman–Crippen MR) is 74.7 cm³/mol. The van der Waals surface area contributed by atoms with Gasteiger partial charge in [-0.05, 0) is 22.3 Å². The lowest BCUT2D eigenvalue weighted by Gasteiger charge is -2.29. The highest BCUT2D eigenvalue weighted by Crippen LogP contribution is 2.40. The van der Waals surface area contributed by atoms with Gasteiger partial charge in [0.25, 0.3) is 9.05 Å². The van der Waals surface area contributed by atoms with Crippen molar-refractivity contribution in [2.24, 2.45) is 10.4 Å². The minimum Gasteiger partial charge on any atom is -0.411 e. The molecular formula is C10H5ClN6O4S. The lowest BCUT2D eigenvalue weighted by molar-refractivity contribution is -0.00956. The van der Waals surface area contributed by atoms with Crippen molar-refractivity contribution in [2.75, 3.05) is 0 Å². The number of allylic oxidation sites excluding steroid dienone is 1. The van der Waals surface area contributed by atoms with Crippen LogP contribution in [0, 0.1) is 0 Å². The molecule has 0 saturated heterocycles. The smallest absolute Gasteiger partial charge is 0.265 e. The van der Waals surface area contributed by atoms with Gasteiger partial charge in [0, 0.05) is 31.6 Å². The molecule has 0 bridgehead atoms. The van der Waals surface area contributed by atoms with Gasteiger partial charge in [-0.1, -0.05) is 24.3 Å². The van der Waals surface area contributed by atoms with Crippen molar-refractivity contribution < 1.29 is 18.0 Å². The summed E-state index contributed by atoms with van der Waals surface area (Å²) in [5, 5.41) is 6.18. The van der Waals surface area contributed by atoms with Crippen LogP contribution in [0.1, 0.15) is 15.9 Å². The Morgan fingerprint density at radius 3 is 2.50 bits per heavy atom. The average molecular weight is 341 g/mol. The van der Waals surface area contributed by atoms with Crippen LogP contribution < -0.4 is 0 Å². The Morgan fingerprint density at radius 1 is 1.23 bits per heavy atom. The second-order valence-corrected chi connectivity index (χ2v) is 6.50. The third-order valence-corrected chi connectivity index (χ3v) is 4.11. The first kappa shape index (κ1) is 15.7. The summed E-state index contributed by atoms with van der Waals surface area (Å²) in [5.74, 6) is -0.890. The molecule has 0 amide bonds. The van der Waals surface area contributed by atoms with E-state index < -0.39 is 25.5 Å². The van der Waals surface area contributed by atoms with Gasteiger partial charge in [-0.2, -0.15) is 0 Å². The number of fused-ring (bicyclic) bond motifs is 1. The van der Waals surface area contributed by atoms with E-state index in [9.17, 15) is 13.2 Å². The van der Waals surface area contributed by atoms with Crippen molar-refractivity contribution in [2.45, 2.75) is 5.72 Å². The zero-order chi connectivity index (χ0) is 16.4. The average Bonchev–Trinajstić information content (AvgIpc) is 2.48. The second-order valence-electron chi connectivity index (χ2n) is 3.97. The predicted octanol–water partition coefficient (Wildman–Crippen LogP) is 3.04. The minimum absolute atomic E-state index is 0.0225. The summed E-state index contributed by atoms with van der Waals surface area (Å²) in [7, 11) is 0.778. The Bertz CT molecular complexity index is 884. The molecule has 0 aromatic heterocycles. The lowest BCUT2D eigenvalue weighted by Crippen LogP contribution is -2.32. The number of rotatable bonds is 4. The fourth-order valence-electron chi connectivity index (χ4n) is 1.95. The van der Waals surface area contributed by atoms with Gasteiger partial charge in [-0.3, -0.25) is 4.79 Å². The molecule has 0 heterocycles. The van der Waals surface area contributed by atoms with Crippen LogP contribution in [-0.4, -0.2) is 14.2 Å².